The van der Waals surface area contributed by atoms with Gasteiger partial charge < -0.3 is 10.2 Å². The van der Waals surface area contributed by atoms with Gasteiger partial charge in [0.2, 0.25) is 5.91 Å². The molecule has 112 valence electrons. The molecule has 1 aromatic rings. The van der Waals surface area contributed by atoms with E-state index in [1.165, 1.54) is 23.3 Å². The van der Waals surface area contributed by atoms with Crippen LogP contribution in [0.25, 0.3) is 0 Å². The number of carbonyl (C=O) groups excluding carboxylic acids is 1. The summed E-state index contributed by atoms with van der Waals surface area (Å²) >= 11 is 1.82. The van der Waals surface area contributed by atoms with Crippen LogP contribution in [-0.2, 0) is 4.79 Å². The molecule has 2 fully saturated rings. The highest BCUT2D eigenvalue weighted by Gasteiger charge is 2.39. The van der Waals surface area contributed by atoms with Gasteiger partial charge in [-0.1, -0.05) is 18.2 Å². The molecule has 0 spiro atoms. The molecular weight excluding hydrogens is 280 g/mol. The third-order valence-corrected chi connectivity index (χ3v) is 6.52. The fourth-order valence-corrected chi connectivity index (χ4v) is 5.36. The molecule has 3 aliphatic heterocycles. The van der Waals surface area contributed by atoms with Gasteiger partial charge in [0.1, 0.15) is 0 Å². The lowest BCUT2D eigenvalue weighted by atomic mass is 9.95. The number of rotatable bonds is 2. The second kappa shape index (κ2) is 5.33. The number of nitrogens with zero attached hydrogens (tertiary/aromatic N) is 1. The SMILES string of the molecule is CN(C(=O)C1CSc2ccccc21)C1CC2CCC(C1)N2. The van der Waals surface area contributed by atoms with E-state index >= 15 is 0 Å². The van der Waals surface area contributed by atoms with Crippen LogP contribution in [0.3, 0.4) is 0 Å². The van der Waals surface area contributed by atoms with Gasteiger partial charge in [-0.15, -0.1) is 11.8 Å². The van der Waals surface area contributed by atoms with Crippen molar-refractivity contribution in [2.45, 2.75) is 54.6 Å². The van der Waals surface area contributed by atoms with Gasteiger partial charge in [0, 0.05) is 35.8 Å². The van der Waals surface area contributed by atoms with Gasteiger partial charge in [0.15, 0.2) is 0 Å². The zero-order chi connectivity index (χ0) is 14.4. The van der Waals surface area contributed by atoms with Gasteiger partial charge in [-0.05, 0) is 37.3 Å². The molecule has 0 radical (unpaired) electrons. The highest BCUT2D eigenvalue weighted by molar-refractivity contribution is 7.99. The van der Waals surface area contributed by atoms with Crippen LogP contribution in [0.4, 0.5) is 0 Å². The van der Waals surface area contributed by atoms with Crippen LogP contribution in [0.5, 0.6) is 0 Å². The summed E-state index contributed by atoms with van der Waals surface area (Å²) < 4.78 is 0. The van der Waals surface area contributed by atoms with Crippen LogP contribution in [0.15, 0.2) is 29.2 Å². The van der Waals surface area contributed by atoms with Crippen LogP contribution in [0.2, 0.25) is 0 Å². The normalized spacial score (nSPS) is 33.8. The lowest BCUT2D eigenvalue weighted by Gasteiger charge is -2.36. The molecule has 3 heterocycles. The van der Waals surface area contributed by atoms with Gasteiger partial charge in [-0.25, -0.2) is 0 Å². The van der Waals surface area contributed by atoms with E-state index in [4.69, 9.17) is 0 Å². The maximum Gasteiger partial charge on any atom is 0.231 e. The van der Waals surface area contributed by atoms with Crippen molar-refractivity contribution < 1.29 is 4.79 Å². The predicted molar refractivity (Wildman–Crippen MR) is 85.6 cm³/mol. The molecule has 0 aromatic heterocycles. The van der Waals surface area contributed by atoms with E-state index < -0.39 is 0 Å². The Morgan fingerprint density at radius 3 is 2.71 bits per heavy atom. The smallest absolute Gasteiger partial charge is 0.231 e. The maximum atomic E-state index is 12.9. The minimum atomic E-state index is 0.0590. The molecule has 21 heavy (non-hydrogen) atoms. The summed E-state index contributed by atoms with van der Waals surface area (Å²) in [6.45, 7) is 0. The first-order valence-electron chi connectivity index (χ1n) is 7.97. The van der Waals surface area contributed by atoms with Crippen molar-refractivity contribution in [2.75, 3.05) is 12.8 Å². The van der Waals surface area contributed by atoms with Crippen LogP contribution in [0.1, 0.15) is 37.2 Å². The number of likely N-dealkylation sites (N-methyl/N-ethyl adjacent to an activating group) is 1. The topological polar surface area (TPSA) is 32.3 Å². The van der Waals surface area contributed by atoms with Crippen LogP contribution < -0.4 is 5.32 Å². The number of benzene rings is 1. The average Bonchev–Trinajstić information content (AvgIpc) is 3.09. The number of hydrogen-bond donors (Lipinski definition) is 1. The molecule has 0 saturated carbocycles. The van der Waals surface area contributed by atoms with Crippen LogP contribution in [0, 0.1) is 0 Å². The quantitative estimate of drug-likeness (QED) is 0.911. The van der Waals surface area contributed by atoms with Crippen molar-refractivity contribution in [3.63, 3.8) is 0 Å². The van der Waals surface area contributed by atoms with E-state index in [1.807, 2.05) is 18.8 Å². The zero-order valence-electron chi connectivity index (χ0n) is 12.4. The Kier molecular flexibility index (Phi) is 3.46. The van der Waals surface area contributed by atoms with Crippen molar-refractivity contribution in [3.8, 4) is 0 Å². The Balaban J connectivity index is 1.50. The molecular formula is C17H22N2OS. The first kappa shape index (κ1) is 13.6. The molecule has 3 aliphatic rings. The number of carbonyl (C=O) groups is 1. The third-order valence-electron chi connectivity index (χ3n) is 5.34. The number of amides is 1. The Bertz CT molecular complexity index is 549. The van der Waals surface area contributed by atoms with Gasteiger partial charge in [0.05, 0.1) is 5.92 Å². The Labute approximate surface area is 130 Å². The summed E-state index contributed by atoms with van der Waals surface area (Å²) in [6, 6.07) is 10.1. The number of piperidine rings is 1. The first-order chi connectivity index (χ1) is 10.2. The standard InChI is InChI=1S/C17H22N2OS/c1-19(13-8-11-6-7-12(9-13)18-11)17(20)15-10-21-16-5-3-2-4-14(15)16/h2-5,11-13,15,18H,6-10H2,1H3. The Morgan fingerprint density at radius 2 is 1.95 bits per heavy atom. The third kappa shape index (κ3) is 2.38. The van der Waals surface area contributed by atoms with E-state index in [1.54, 1.807) is 0 Å². The summed E-state index contributed by atoms with van der Waals surface area (Å²) in [5.41, 5.74) is 1.23. The minimum Gasteiger partial charge on any atom is -0.342 e. The van der Waals surface area contributed by atoms with Gasteiger partial charge in [-0.2, -0.15) is 0 Å². The second-order valence-corrected chi connectivity index (χ2v) is 7.68. The zero-order valence-corrected chi connectivity index (χ0v) is 13.2. The summed E-state index contributed by atoms with van der Waals surface area (Å²) in [6.07, 6.45) is 4.82. The van der Waals surface area contributed by atoms with Crippen molar-refractivity contribution in [3.05, 3.63) is 29.8 Å². The summed E-state index contributed by atoms with van der Waals surface area (Å²) in [5.74, 6) is 1.28. The monoisotopic (exact) mass is 302 g/mol. The number of thioether (sulfide) groups is 1. The summed E-state index contributed by atoms with van der Waals surface area (Å²) in [4.78, 5) is 16.3. The fraction of sp³-hybridized carbons (Fsp3) is 0.588. The second-order valence-electron chi connectivity index (χ2n) is 6.61. The summed E-state index contributed by atoms with van der Waals surface area (Å²) in [5, 5.41) is 3.66. The van der Waals surface area contributed by atoms with Crippen LogP contribution in [-0.4, -0.2) is 41.7 Å². The van der Waals surface area contributed by atoms with Crippen molar-refractivity contribution in [2.24, 2.45) is 0 Å². The molecule has 2 bridgehead atoms. The van der Waals surface area contributed by atoms with Gasteiger partial charge >= 0.3 is 0 Å². The van der Waals surface area contributed by atoms with Gasteiger partial charge in [0.25, 0.3) is 0 Å². The fourth-order valence-electron chi connectivity index (χ4n) is 4.14. The molecule has 3 unspecified atom stereocenters. The van der Waals surface area contributed by atoms with E-state index in [0.717, 1.165) is 18.6 Å². The minimum absolute atomic E-state index is 0.0590. The molecule has 2 saturated heterocycles. The molecule has 4 heteroatoms. The lowest BCUT2D eigenvalue weighted by molar-refractivity contribution is -0.133. The highest BCUT2D eigenvalue weighted by atomic mass is 32.2. The van der Waals surface area contributed by atoms with Crippen molar-refractivity contribution in [1.29, 1.82) is 0 Å². The van der Waals surface area contributed by atoms with E-state index in [0.29, 0.717) is 24.0 Å². The van der Waals surface area contributed by atoms with E-state index in [2.05, 4.69) is 34.5 Å². The molecule has 1 aromatic carbocycles. The first-order valence-corrected chi connectivity index (χ1v) is 8.95. The predicted octanol–water partition coefficient (Wildman–Crippen LogP) is 2.62. The molecule has 1 N–H and O–H groups in total. The molecule has 1 amide bonds. The van der Waals surface area contributed by atoms with E-state index in [-0.39, 0.29) is 5.92 Å². The Hall–Kier alpha value is -1.00. The largest absolute Gasteiger partial charge is 0.342 e. The molecule has 3 atom stereocenters. The molecule has 3 nitrogen and oxygen atoms in total. The van der Waals surface area contributed by atoms with Crippen molar-refractivity contribution in [1.82, 2.24) is 10.2 Å². The Morgan fingerprint density at radius 1 is 1.24 bits per heavy atom. The average molecular weight is 302 g/mol. The highest BCUT2D eigenvalue weighted by Crippen LogP contribution is 2.41. The van der Waals surface area contributed by atoms with Crippen molar-refractivity contribution >= 4 is 17.7 Å². The maximum absolute atomic E-state index is 12.9. The van der Waals surface area contributed by atoms with Crippen LogP contribution >= 0.6 is 11.8 Å². The lowest BCUT2D eigenvalue weighted by Crippen LogP contribution is -2.49. The summed E-state index contributed by atoms with van der Waals surface area (Å²) in [7, 11) is 2.02. The molecule has 4 rings (SSSR count). The molecule has 0 aliphatic carbocycles. The number of nitrogens with one attached hydrogen (secondary N) is 1. The number of fused-ring (bicyclic) bond motifs is 3. The number of hydrogen-bond acceptors (Lipinski definition) is 3. The van der Waals surface area contributed by atoms with E-state index in [9.17, 15) is 4.79 Å². The van der Waals surface area contributed by atoms with Gasteiger partial charge in [-0.3, -0.25) is 4.79 Å².